The van der Waals surface area contributed by atoms with Gasteiger partial charge in [0.2, 0.25) is 0 Å². The van der Waals surface area contributed by atoms with Crippen molar-refractivity contribution in [3.8, 4) is 0 Å². The Labute approximate surface area is 107 Å². The maximum Gasteiger partial charge on any atom is 0.187 e. The van der Waals surface area contributed by atoms with E-state index in [-0.39, 0.29) is 17.4 Å². The number of aliphatic hydroxyl groups is 1. The van der Waals surface area contributed by atoms with Gasteiger partial charge in [-0.05, 0) is 20.8 Å². The highest BCUT2D eigenvalue weighted by molar-refractivity contribution is 7.99. The Morgan fingerprint density at radius 1 is 1.35 bits per heavy atom. The molecule has 17 heavy (non-hydrogen) atoms. The molecule has 0 radical (unpaired) electrons. The summed E-state index contributed by atoms with van der Waals surface area (Å²) in [6, 6.07) is 0. The van der Waals surface area contributed by atoms with Crippen LogP contribution in [-0.4, -0.2) is 32.5 Å². The van der Waals surface area contributed by atoms with E-state index < -0.39 is 0 Å². The summed E-state index contributed by atoms with van der Waals surface area (Å²) in [5.41, 5.74) is 1.17. The molecule has 1 heterocycles. The monoisotopic (exact) mass is 255 g/mol. The Morgan fingerprint density at radius 2 is 1.94 bits per heavy atom. The minimum atomic E-state index is 0.0961. The molecule has 2 N–H and O–H groups in total. The number of nitrogens with zero attached hydrogens (tertiary/aromatic N) is 2. The Hall–Kier alpha value is -0.650. The van der Waals surface area contributed by atoms with Crippen molar-refractivity contribution < 1.29 is 5.11 Å². The number of aromatic nitrogens is 2. The lowest BCUT2D eigenvalue weighted by atomic mass is 10.1. The van der Waals surface area contributed by atoms with Gasteiger partial charge in [0.15, 0.2) is 5.16 Å². The molecule has 0 bridgehead atoms. The van der Waals surface area contributed by atoms with E-state index in [1.54, 1.807) is 0 Å². The van der Waals surface area contributed by atoms with E-state index in [2.05, 4.69) is 36.1 Å². The lowest BCUT2D eigenvalue weighted by molar-refractivity contribution is 0.300. The first-order chi connectivity index (χ1) is 7.90. The van der Waals surface area contributed by atoms with Gasteiger partial charge in [0.25, 0.3) is 0 Å². The minimum absolute atomic E-state index is 0.0961. The molecular formula is C12H21N3OS. The van der Waals surface area contributed by atoms with E-state index >= 15 is 0 Å². The van der Waals surface area contributed by atoms with Crippen molar-refractivity contribution >= 4 is 11.8 Å². The predicted octanol–water partition coefficient (Wildman–Crippen LogP) is 1.84. The topological polar surface area (TPSA) is 58.0 Å². The molecule has 1 aromatic rings. The molecule has 0 spiro atoms. The SMILES string of the molecule is CC(CO)Sc1ncc(CNC(C)(C)C)cn1. The van der Waals surface area contributed by atoms with Gasteiger partial charge in [0, 0.05) is 35.3 Å². The van der Waals surface area contributed by atoms with Crippen LogP contribution in [0.3, 0.4) is 0 Å². The highest BCUT2D eigenvalue weighted by Gasteiger charge is 2.09. The summed E-state index contributed by atoms with van der Waals surface area (Å²) in [5, 5.41) is 13.2. The second kappa shape index (κ2) is 6.33. The Kier molecular flexibility index (Phi) is 5.36. The Morgan fingerprint density at radius 3 is 2.41 bits per heavy atom. The Balaban J connectivity index is 2.50. The average molecular weight is 255 g/mol. The molecule has 0 saturated heterocycles. The molecule has 0 aliphatic heterocycles. The van der Waals surface area contributed by atoms with Gasteiger partial charge in [0.05, 0.1) is 6.61 Å². The predicted molar refractivity (Wildman–Crippen MR) is 71.0 cm³/mol. The number of hydrogen-bond donors (Lipinski definition) is 2. The lowest BCUT2D eigenvalue weighted by Gasteiger charge is -2.20. The van der Waals surface area contributed by atoms with Crippen molar-refractivity contribution in [2.24, 2.45) is 0 Å². The standard InChI is InChI=1S/C12H21N3OS/c1-9(8-16)17-11-13-5-10(6-14-11)7-15-12(2,3)4/h5-6,9,15-16H,7-8H2,1-4H3. The van der Waals surface area contributed by atoms with Crippen molar-refractivity contribution in [1.82, 2.24) is 15.3 Å². The van der Waals surface area contributed by atoms with E-state index in [0.29, 0.717) is 5.16 Å². The summed E-state index contributed by atoms with van der Waals surface area (Å²) in [5.74, 6) is 0. The maximum atomic E-state index is 8.94. The third-order valence-electron chi connectivity index (χ3n) is 2.07. The second-order valence-corrected chi connectivity index (χ2v) is 6.49. The number of nitrogens with one attached hydrogen (secondary N) is 1. The first kappa shape index (κ1) is 14.4. The lowest BCUT2D eigenvalue weighted by Crippen LogP contribution is -2.35. The van der Waals surface area contributed by atoms with Gasteiger partial charge in [-0.3, -0.25) is 0 Å². The average Bonchev–Trinajstić information content (AvgIpc) is 2.27. The van der Waals surface area contributed by atoms with Crippen LogP contribution >= 0.6 is 11.8 Å². The molecule has 4 nitrogen and oxygen atoms in total. The zero-order chi connectivity index (χ0) is 12.9. The molecule has 1 atom stereocenters. The summed E-state index contributed by atoms with van der Waals surface area (Å²) in [4.78, 5) is 8.54. The van der Waals surface area contributed by atoms with Gasteiger partial charge >= 0.3 is 0 Å². The summed E-state index contributed by atoms with van der Waals surface area (Å²) in [6.45, 7) is 9.23. The highest BCUT2D eigenvalue weighted by Crippen LogP contribution is 2.18. The van der Waals surface area contributed by atoms with E-state index in [0.717, 1.165) is 12.1 Å². The zero-order valence-corrected chi connectivity index (χ0v) is 11.7. The van der Waals surface area contributed by atoms with Crippen LogP contribution in [0.5, 0.6) is 0 Å². The van der Waals surface area contributed by atoms with Gasteiger partial charge < -0.3 is 10.4 Å². The quantitative estimate of drug-likeness (QED) is 0.621. The van der Waals surface area contributed by atoms with Gasteiger partial charge in [-0.25, -0.2) is 9.97 Å². The number of aliphatic hydroxyl groups excluding tert-OH is 1. The first-order valence-electron chi connectivity index (χ1n) is 5.74. The van der Waals surface area contributed by atoms with E-state index in [4.69, 9.17) is 5.11 Å². The summed E-state index contributed by atoms with van der Waals surface area (Å²) in [7, 11) is 0. The minimum Gasteiger partial charge on any atom is -0.395 e. The highest BCUT2D eigenvalue weighted by atomic mass is 32.2. The van der Waals surface area contributed by atoms with Crippen LogP contribution in [0, 0.1) is 0 Å². The van der Waals surface area contributed by atoms with Gasteiger partial charge in [-0.15, -0.1) is 0 Å². The van der Waals surface area contributed by atoms with Crippen LogP contribution in [0.4, 0.5) is 0 Å². The van der Waals surface area contributed by atoms with Crippen LogP contribution < -0.4 is 5.32 Å². The fraction of sp³-hybridized carbons (Fsp3) is 0.667. The molecule has 0 aliphatic rings. The summed E-state index contributed by atoms with van der Waals surface area (Å²) in [6.07, 6.45) is 3.66. The Bertz CT molecular complexity index is 335. The van der Waals surface area contributed by atoms with E-state index in [1.807, 2.05) is 19.3 Å². The number of rotatable bonds is 5. The normalized spacial score (nSPS) is 13.7. The van der Waals surface area contributed by atoms with Crippen molar-refractivity contribution in [2.45, 2.75) is 50.2 Å². The largest absolute Gasteiger partial charge is 0.395 e. The van der Waals surface area contributed by atoms with E-state index in [1.165, 1.54) is 11.8 Å². The van der Waals surface area contributed by atoms with E-state index in [9.17, 15) is 0 Å². The summed E-state index contributed by atoms with van der Waals surface area (Å²) < 4.78 is 0. The van der Waals surface area contributed by atoms with Gasteiger partial charge in [0.1, 0.15) is 0 Å². The molecule has 0 amide bonds. The van der Waals surface area contributed by atoms with Crippen LogP contribution in [0.25, 0.3) is 0 Å². The fourth-order valence-electron chi connectivity index (χ4n) is 1.08. The van der Waals surface area contributed by atoms with Crippen LogP contribution in [0.2, 0.25) is 0 Å². The van der Waals surface area contributed by atoms with Crippen LogP contribution in [-0.2, 0) is 6.54 Å². The summed E-state index contributed by atoms with van der Waals surface area (Å²) >= 11 is 1.48. The molecule has 0 fully saturated rings. The van der Waals surface area contributed by atoms with Crippen molar-refractivity contribution in [3.63, 3.8) is 0 Å². The molecule has 1 rings (SSSR count). The molecule has 1 aromatic heterocycles. The molecule has 96 valence electrons. The van der Waals surface area contributed by atoms with Crippen molar-refractivity contribution in [2.75, 3.05) is 6.61 Å². The van der Waals surface area contributed by atoms with Crippen LogP contribution in [0.15, 0.2) is 17.6 Å². The number of hydrogen-bond acceptors (Lipinski definition) is 5. The fourth-order valence-corrected chi connectivity index (χ4v) is 1.74. The van der Waals surface area contributed by atoms with Crippen molar-refractivity contribution in [3.05, 3.63) is 18.0 Å². The number of thioether (sulfide) groups is 1. The van der Waals surface area contributed by atoms with Gasteiger partial charge in [-0.2, -0.15) is 0 Å². The smallest absolute Gasteiger partial charge is 0.187 e. The van der Waals surface area contributed by atoms with Crippen LogP contribution in [0.1, 0.15) is 33.3 Å². The zero-order valence-electron chi connectivity index (χ0n) is 10.9. The van der Waals surface area contributed by atoms with Gasteiger partial charge in [-0.1, -0.05) is 18.7 Å². The molecule has 1 unspecified atom stereocenters. The third-order valence-corrected chi connectivity index (χ3v) is 3.04. The molecular weight excluding hydrogens is 234 g/mol. The molecule has 0 aromatic carbocycles. The molecule has 0 saturated carbocycles. The molecule has 5 heteroatoms. The van der Waals surface area contributed by atoms with Crippen molar-refractivity contribution in [1.29, 1.82) is 0 Å². The maximum absolute atomic E-state index is 8.94. The molecule has 0 aliphatic carbocycles. The first-order valence-corrected chi connectivity index (χ1v) is 6.62. The third kappa shape index (κ3) is 6.00. The second-order valence-electron chi connectivity index (χ2n) is 5.09.